The van der Waals surface area contributed by atoms with Crippen molar-refractivity contribution in [1.29, 1.82) is 0 Å². The predicted molar refractivity (Wildman–Crippen MR) is 106 cm³/mol. The minimum atomic E-state index is -4.33. The van der Waals surface area contributed by atoms with E-state index in [0.29, 0.717) is 31.3 Å². The molecule has 1 aliphatic carbocycles. The van der Waals surface area contributed by atoms with Gasteiger partial charge in [0.05, 0.1) is 0 Å². The number of halogens is 5. The zero-order valence-electron chi connectivity index (χ0n) is 18.2. The molecule has 4 nitrogen and oxygen atoms in total. The molecule has 2 aromatic rings. The summed E-state index contributed by atoms with van der Waals surface area (Å²) in [6.45, 7) is 9.88. The van der Waals surface area contributed by atoms with Crippen LogP contribution in [0.1, 0.15) is 95.3 Å². The lowest BCUT2D eigenvalue weighted by Crippen LogP contribution is -2.13. The van der Waals surface area contributed by atoms with E-state index in [9.17, 15) is 22.0 Å². The first-order valence-corrected chi connectivity index (χ1v) is 10.5. The van der Waals surface area contributed by atoms with Crippen molar-refractivity contribution in [3.8, 4) is 0 Å². The molecule has 0 amide bonds. The Bertz CT molecular complexity index is 775. The Balaban J connectivity index is 0.000000222. The summed E-state index contributed by atoms with van der Waals surface area (Å²) in [4.78, 5) is 7.68. The van der Waals surface area contributed by atoms with Crippen molar-refractivity contribution < 1.29 is 22.0 Å². The maximum absolute atomic E-state index is 13.8. The Hall–Kier alpha value is -1.93. The lowest BCUT2D eigenvalue weighted by molar-refractivity contribution is -0.141. The van der Waals surface area contributed by atoms with Crippen LogP contribution in [0.2, 0.25) is 0 Å². The summed E-state index contributed by atoms with van der Waals surface area (Å²) in [5, 5.41) is 0. The van der Waals surface area contributed by atoms with Gasteiger partial charge in [0.25, 0.3) is 5.92 Å². The van der Waals surface area contributed by atoms with Crippen LogP contribution in [-0.4, -0.2) is 19.1 Å². The fourth-order valence-electron chi connectivity index (χ4n) is 3.25. The fourth-order valence-corrected chi connectivity index (χ4v) is 3.25. The van der Waals surface area contributed by atoms with E-state index in [2.05, 4.69) is 9.97 Å². The molecule has 0 atom stereocenters. The van der Waals surface area contributed by atoms with Crippen LogP contribution in [0, 0.1) is 0 Å². The Labute approximate surface area is 174 Å². The summed E-state index contributed by atoms with van der Waals surface area (Å²) >= 11 is 0. The van der Waals surface area contributed by atoms with Crippen LogP contribution in [0.25, 0.3) is 0 Å². The molecule has 2 aromatic heterocycles. The Morgan fingerprint density at radius 2 is 1.63 bits per heavy atom. The molecule has 0 unspecified atom stereocenters. The van der Waals surface area contributed by atoms with Crippen molar-refractivity contribution >= 4 is 0 Å². The Morgan fingerprint density at radius 1 is 1.00 bits per heavy atom. The molecule has 1 fully saturated rings. The van der Waals surface area contributed by atoms with Gasteiger partial charge < -0.3 is 9.13 Å². The number of imidazole rings is 2. The van der Waals surface area contributed by atoms with Crippen LogP contribution in [-0.2, 0) is 25.1 Å². The minimum Gasteiger partial charge on any atom is -0.335 e. The van der Waals surface area contributed by atoms with Gasteiger partial charge in [-0.05, 0) is 19.8 Å². The highest BCUT2D eigenvalue weighted by Crippen LogP contribution is 2.40. The van der Waals surface area contributed by atoms with Gasteiger partial charge in [0.2, 0.25) is 0 Å². The quantitative estimate of drug-likeness (QED) is 0.454. The van der Waals surface area contributed by atoms with Gasteiger partial charge in [0.1, 0.15) is 17.3 Å². The van der Waals surface area contributed by atoms with Crippen molar-refractivity contribution in [3.05, 3.63) is 35.4 Å². The molecule has 0 saturated heterocycles. The average Bonchev–Trinajstić information content (AvgIpc) is 3.23. The summed E-state index contributed by atoms with van der Waals surface area (Å²) in [7, 11) is 0. The summed E-state index contributed by atoms with van der Waals surface area (Å²) < 4.78 is 67.7. The van der Waals surface area contributed by atoms with Gasteiger partial charge in [-0.25, -0.2) is 9.97 Å². The molecule has 30 heavy (non-hydrogen) atoms. The molecule has 1 aliphatic rings. The van der Waals surface area contributed by atoms with E-state index in [1.54, 1.807) is 27.0 Å². The van der Waals surface area contributed by atoms with E-state index in [-0.39, 0.29) is 18.0 Å². The van der Waals surface area contributed by atoms with Crippen molar-refractivity contribution in [2.75, 3.05) is 0 Å². The fraction of sp³-hybridized carbons (Fsp3) is 0.714. The van der Waals surface area contributed by atoms with E-state index in [4.69, 9.17) is 0 Å². The second-order valence-corrected chi connectivity index (χ2v) is 7.91. The number of aryl methyl sites for hydroxylation is 2. The number of rotatable bonds is 7. The lowest BCUT2D eigenvalue weighted by atomic mass is 10.1. The lowest BCUT2D eigenvalue weighted by Gasteiger charge is -2.11. The first-order valence-electron chi connectivity index (χ1n) is 10.5. The van der Waals surface area contributed by atoms with Crippen molar-refractivity contribution in [3.63, 3.8) is 0 Å². The molecule has 0 radical (unpaired) electrons. The van der Waals surface area contributed by atoms with Gasteiger partial charge in [-0.15, -0.1) is 0 Å². The maximum Gasteiger partial charge on any atom is 0.434 e. The summed E-state index contributed by atoms with van der Waals surface area (Å²) in [6.07, 6.45) is 1.35. The monoisotopic (exact) mass is 434 g/mol. The van der Waals surface area contributed by atoms with Gasteiger partial charge in [0, 0.05) is 43.7 Å². The van der Waals surface area contributed by atoms with Crippen LogP contribution in [0.4, 0.5) is 22.0 Å². The predicted octanol–water partition coefficient (Wildman–Crippen LogP) is 6.72. The first kappa shape index (κ1) is 24.3. The molecule has 2 heterocycles. The molecule has 0 aromatic carbocycles. The number of aromatic nitrogens is 4. The van der Waals surface area contributed by atoms with E-state index in [0.717, 1.165) is 24.9 Å². The maximum atomic E-state index is 13.8. The highest BCUT2D eigenvalue weighted by molar-refractivity contribution is 5.15. The molecule has 0 N–H and O–H groups in total. The second-order valence-electron chi connectivity index (χ2n) is 7.91. The van der Waals surface area contributed by atoms with Crippen LogP contribution in [0.5, 0.6) is 0 Å². The molecular formula is C21H31F5N4. The molecule has 9 heteroatoms. The van der Waals surface area contributed by atoms with Crippen molar-refractivity contribution in [2.24, 2.45) is 0 Å². The molecule has 0 spiro atoms. The highest BCUT2D eigenvalue weighted by atomic mass is 19.4. The third kappa shape index (κ3) is 5.82. The van der Waals surface area contributed by atoms with Gasteiger partial charge in [-0.3, -0.25) is 0 Å². The zero-order valence-corrected chi connectivity index (χ0v) is 18.2. The first-order chi connectivity index (χ1) is 13.9. The number of hydrogen-bond donors (Lipinski definition) is 0. The summed E-state index contributed by atoms with van der Waals surface area (Å²) in [6, 6.07) is 0.408. The zero-order chi connectivity index (χ0) is 22.7. The Kier molecular flexibility index (Phi) is 7.69. The third-order valence-electron chi connectivity index (χ3n) is 4.96. The van der Waals surface area contributed by atoms with Crippen molar-refractivity contribution in [2.45, 2.75) is 97.3 Å². The third-order valence-corrected chi connectivity index (χ3v) is 4.96. The second kappa shape index (κ2) is 9.47. The number of nitrogens with zero attached hydrogens (tertiary/aromatic N) is 4. The summed E-state index contributed by atoms with van der Waals surface area (Å²) in [5.41, 5.74) is -0.846. The van der Waals surface area contributed by atoms with E-state index in [1.807, 2.05) is 18.4 Å². The minimum absolute atomic E-state index is 0.0463. The van der Waals surface area contributed by atoms with E-state index < -0.39 is 17.8 Å². The molecule has 170 valence electrons. The van der Waals surface area contributed by atoms with Gasteiger partial charge in [-0.2, -0.15) is 22.0 Å². The summed E-state index contributed by atoms with van der Waals surface area (Å²) in [5.74, 6) is -1.30. The molecule has 0 bridgehead atoms. The van der Waals surface area contributed by atoms with E-state index >= 15 is 0 Å². The highest BCUT2D eigenvalue weighted by Gasteiger charge is 2.37. The largest absolute Gasteiger partial charge is 0.434 e. The number of alkyl halides is 5. The standard InChI is InChI=1S/C13H20F2N2.C8H11F3N2/c1-4-7-13(14,15)11-8-17(10-5-6-10)12(16-11)9(2)3;1-3-7-12-6(8(9,10)11)5-13(7)4-2/h8-10H,4-7H2,1-3H3;5H,3-4H2,1-2H3. The van der Waals surface area contributed by atoms with Gasteiger partial charge in [0.15, 0.2) is 5.69 Å². The van der Waals surface area contributed by atoms with E-state index in [1.165, 1.54) is 4.57 Å². The SMILES string of the molecule is CCCC(F)(F)c1cn(C2CC2)c(C(C)C)n1.CCc1nc(C(F)(F)F)cn1CC. The average molecular weight is 434 g/mol. The van der Waals surface area contributed by atoms with Crippen LogP contribution in [0.15, 0.2) is 12.4 Å². The molecular weight excluding hydrogens is 403 g/mol. The smallest absolute Gasteiger partial charge is 0.335 e. The molecule has 1 saturated carbocycles. The van der Waals surface area contributed by atoms with Crippen molar-refractivity contribution in [1.82, 2.24) is 19.1 Å². The van der Waals surface area contributed by atoms with Crippen LogP contribution < -0.4 is 0 Å². The van der Waals surface area contributed by atoms with Gasteiger partial charge >= 0.3 is 6.18 Å². The normalized spacial score (nSPS) is 14.8. The van der Waals surface area contributed by atoms with Crippen LogP contribution in [0.3, 0.4) is 0 Å². The molecule has 3 rings (SSSR count). The van der Waals surface area contributed by atoms with Crippen LogP contribution >= 0.6 is 0 Å². The topological polar surface area (TPSA) is 35.6 Å². The molecule has 0 aliphatic heterocycles. The Morgan fingerprint density at radius 3 is 2.03 bits per heavy atom. The number of hydrogen-bond acceptors (Lipinski definition) is 2. The van der Waals surface area contributed by atoms with Gasteiger partial charge in [-0.1, -0.05) is 34.1 Å².